The fourth-order valence-corrected chi connectivity index (χ4v) is 4.43. The van der Waals surface area contributed by atoms with Gasteiger partial charge in [0.1, 0.15) is 11.7 Å². The summed E-state index contributed by atoms with van der Waals surface area (Å²) in [5.41, 5.74) is 0.905. The average Bonchev–Trinajstić information content (AvgIpc) is 3.07. The lowest BCUT2D eigenvalue weighted by molar-refractivity contribution is -0.131. The highest BCUT2D eigenvalue weighted by molar-refractivity contribution is 5.81. The highest BCUT2D eigenvalue weighted by atomic mass is 16.6. The molecule has 2 unspecified atom stereocenters. The number of nitrogens with one attached hydrogen (secondary N) is 1. The zero-order chi connectivity index (χ0) is 17.8. The van der Waals surface area contributed by atoms with Gasteiger partial charge >= 0.3 is 0 Å². The third-order valence-corrected chi connectivity index (χ3v) is 5.83. The lowest BCUT2D eigenvalue weighted by Crippen LogP contribution is -2.52. The first-order valence-electron chi connectivity index (χ1n) is 9.90. The summed E-state index contributed by atoms with van der Waals surface area (Å²) in [6.45, 7) is 3.78. The van der Waals surface area contributed by atoms with Crippen LogP contribution in [-0.2, 0) is 20.8 Å². The second-order valence-electron chi connectivity index (χ2n) is 7.94. The molecule has 0 aromatic carbocycles. The van der Waals surface area contributed by atoms with Crippen LogP contribution in [0.25, 0.3) is 0 Å². The minimum atomic E-state index is -0.377. The van der Waals surface area contributed by atoms with Crippen LogP contribution in [0.2, 0.25) is 0 Å². The van der Waals surface area contributed by atoms with Crippen LogP contribution in [-0.4, -0.2) is 59.8 Å². The number of rotatable bonds is 4. The molecular weight excluding hydrogens is 330 g/mol. The molecule has 1 N–H and O–H groups in total. The van der Waals surface area contributed by atoms with Gasteiger partial charge in [0.05, 0.1) is 13.2 Å². The van der Waals surface area contributed by atoms with Crippen molar-refractivity contribution in [3.05, 3.63) is 30.1 Å². The Bertz CT molecular complexity index is 606. The van der Waals surface area contributed by atoms with Gasteiger partial charge in [-0.05, 0) is 30.5 Å². The topological polar surface area (TPSA) is 63.7 Å². The van der Waals surface area contributed by atoms with Crippen molar-refractivity contribution in [3.8, 4) is 0 Å². The number of carbonyl (C=O) groups is 1. The van der Waals surface area contributed by atoms with Crippen LogP contribution in [0.5, 0.6) is 0 Å². The Morgan fingerprint density at radius 2 is 2.08 bits per heavy atom. The van der Waals surface area contributed by atoms with Gasteiger partial charge < -0.3 is 14.8 Å². The number of aromatic nitrogens is 1. The molecule has 6 nitrogen and oxygen atoms in total. The highest BCUT2D eigenvalue weighted by Crippen LogP contribution is 2.32. The third kappa shape index (κ3) is 4.24. The molecule has 1 aromatic heterocycles. The van der Waals surface area contributed by atoms with Crippen molar-refractivity contribution in [2.75, 3.05) is 26.3 Å². The molecule has 4 rings (SSSR count). The van der Waals surface area contributed by atoms with Crippen molar-refractivity contribution in [2.45, 2.75) is 62.8 Å². The molecular formula is C20H29N3O3. The van der Waals surface area contributed by atoms with Crippen molar-refractivity contribution >= 4 is 5.91 Å². The summed E-state index contributed by atoms with van der Waals surface area (Å²) in [5.74, 6) is 0.0450. The lowest BCUT2D eigenvalue weighted by atomic mass is 9.94. The number of hydrogen-bond acceptors (Lipinski definition) is 5. The number of amides is 1. The van der Waals surface area contributed by atoms with Gasteiger partial charge in [0.25, 0.3) is 0 Å². The molecule has 0 radical (unpaired) electrons. The van der Waals surface area contributed by atoms with Crippen molar-refractivity contribution in [3.63, 3.8) is 0 Å². The fourth-order valence-electron chi connectivity index (χ4n) is 4.43. The lowest BCUT2D eigenvalue weighted by Gasteiger charge is -2.39. The number of nitrogens with zero attached hydrogens (tertiary/aromatic N) is 2. The molecule has 142 valence electrons. The summed E-state index contributed by atoms with van der Waals surface area (Å²) in [5, 5.41) is 3.19. The average molecular weight is 359 g/mol. The van der Waals surface area contributed by atoms with Crippen LogP contribution in [0.1, 0.15) is 44.1 Å². The third-order valence-electron chi connectivity index (χ3n) is 5.83. The summed E-state index contributed by atoms with van der Waals surface area (Å²) >= 11 is 0. The van der Waals surface area contributed by atoms with Gasteiger partial charge in [-0.3, -0.25) is 14.7 Å². The van der Waals surface area contributed by atoms with E-state index in [1.807, 2.05) is 24.5 Å². The van der Waals surface area contributed by atoms with Crippen LogP contribution in [0, 0.1) is 0 Å². The van der Waals surface area contributed by atoms with Gasteiger partial charge in [0, 0.05) is 44.5 Å². The van der Waals surface area contributed by atoms with E-state index in [9.17, 15) is 4.79 Å². The van der Waals surface area contributed by atoms with Crippen LogP contribution >= 0.6 is 0 Å². The minimum absolute atomic E-state index is 0.0450. The van der Waals surface area contributed by atoms with Crippen molar-refractivity contribution in [1.82, 2.24) is 15.2 Å². The van der Waals surface area contributed by atoms with Crippen LogP contribution < -0.4 is 5.32 Å². The monoisotopic (exact) mass is 359 g/mol. The Balaban J connectivity index is 1.31. The maximum absolute atomic E-state index is 12.6. The number of ether oxygens (including phenoxy) is 2. The van der Waals surface area contributed by atoms with E-state index < -0.39 is 0 Å². The van der Waals surface area contributed by atoms with Gasteiger partial charge in [-0.2, -0.15) is 0 Å². The quantitative estimate of drug-likeness (QED) is 0.889. The number of morpholine rings is 1. The largest absolute Gasteiger partial charge is 0.370 e. The molecule has 0 bridgehead atoms. The number of hydrogen-bond donors (Lipinski definition) is 1. The smallest absolute Gasteiger partial charge is 0.249 e. The molecule has 1 spiro atoms. The molecule has 2 atom stereocenters. The van der Waals surface area contributed by atoms with E-state index in [1.165, 1.54) is 24.8 Å². The molecule has 3 heterocycles. The molecule has 1 amide bonds. The summed E-state index contributed by atoms with van der Waals surface area (Å²) in [6, 6.07) is 4.42. The zero-order valence-electron chi connectivity index (χ0n) is 15.4. The van der Waals surface area contributed by atoms with Gasteiger partial charge in [-0.25, -0.2) is 0 Å². The standard InChI is InChI=1S/C20H29N3O3/c24-19(22-17-4-2-1-3-5-17)18-12-20(15-25-18)14-23(10-11-26-20)13-16-6-8-21-9-7-16/h6-9,17-18H,1-5,10-15H2,(H,22,24). The molecule has 3 fully saturated rings. The van der Waals surface area contributed by atoms with E-state index in [0.717, 1.165) is 32.5 Å². The summed E-state index contributed by atoms with van der Waals surface area (Å²) in [6.07, 6.45) is 9.85. The second-order valence-corrected chi connectivity index (χ2v) is 7.94. The Hall–Kier alpha value is -1.50. The normalized spacial score (nSPS) is 30.5. The predicted molar refractivity (Wildman–Crippen MR) is 97.6 cm³/mol. The molecule has 1 saturated carbocycles. The van der Waals surface area contributed by atoms with Crippen LogP contribution in [0.4, 0.5) is 0 Å². The Labute approximate surface area is 155 Å². The fraction of sp³-hybridized carbons (Fsp3) is 0.700. The summed E-state index contributed by atoms with van der Waals surface area (Å²) < 4.78 is 12.0. The number of pyridine rings is 1. The van der Waals surface area contributed by atoms with E-state index in [4.69, 9.17) is 9.47 Å². The van der Waals surface area contributed by atoms with E-state index in [-0.39, 0.29) is 17.6 Å². The van der Waals surface area contributed by atoms with Crippen molar-refractivity contribution in [1.29, 1.82) is 0 Å². The van der Waals surface area contributed by atoms with Gasteiger partial charge in [-0.15, -0.1) is 0 Å². The SMILES string of the molecule is O=C(NC1CCCCC1)C1CC2(CO1)CN(Cc1ccncc1)CCO2. The molecule has 2 saturated heterocycles. The molecule has 1 aliphatic carbocycles. The van der Waals surface area contributed by atoms with Crippen LogP contribution in [0.3, 0.4) is 0 Å². The minimum Gasteiger partial charge on any atom is -0.370 e. The van der Waals surface area contributed by atoms with Gasteiger partial charge in [0.2, 0.25) is 5.91 Å². The Morgan fingerprint density at radius 1 is 1.27 bits per heavy atom. The molecule has 6 heteroatoms. The second kappa shape index (κ2) is 8.03. The van der Waals surface area contributed by atoms with Crippen molar-refractivity contribution in [2.24, 2.45) is 0 Å². The van der Waals surface area contributed by atoms with Gasteiger partial charge in [-0.1, -0.05) is 19.3 Å². The highest BCUT2D eigenvalue weighted by Gasteiger charge is 2.47. The molecule has 1 aromatic rings. The zero-order valence-corrected chi connectivity index (χ0v) is 15.4. The van der Waals surface area contributed by atoms with E-state index in [0.29, 0.717) is 25.7 Å². The summed E-state index contributed by atoms with van der Waals surface area (Å²) in [7, 11) is 0. The first kappa shape index (κ1) is 17.9. The Morgan fingerprint density at radius 3 is 2.88 bits per heavy atom. The maximum atomic E-state index is 12.6. The first-order valence-corrected chi connectivity index (χ1v) is 9.90. The Kier molecular flexibility index (Phi) is 5.52. The van der Waals surface area contributed by atoms with Crippen molar-refractivity contribution < 1.29 is 14.3 Å². The van der Waals surface area contributed by atoms with E-state index >= 15 is 0 Å². The maximum Gasteiger partial charge on any atom is 0.249 e. The summed E-state index contributed by atoms with van der Waals surface area (Å²) in [4.78, 5) is 19.1. The van der Waals surface area contributed by atoms with Gasteiger partial charge in [0.15, 0.2) is 0 Å². The molecule has 3 aliphatic rings. The predicted octanol–water partition coefficient (Wildman–Crippen LogP) is 1.89. The molecule has 26 heavy (non-hydrogen) atoms. The van der Waals surface area contributed by atoms with E-state index in [1.54, 1.807) is 0 Å². The number of carbonyl (C=O) groups excluding carboxylic acids is 1. The van der Waals surface area contributed by atoms with E-state index in [2.05, 4.69) is 15.2 Å². The van der Waals surface area contributed by atoms with Crippen LogP contribution in [0.15, 0.2) is 24.5 Å². The first-order chi connectivity index (χ1) is 12.7. The molecule has 2 aliphatic heterocycles.